The van der Waals surface area contributed by atoms with Crippen LogP contribution in [-0.2, 0) is 43.3 Å². The average molecular weight is 690 g/mol. The molecule has 0 aliphatic carbocycles. The third kappa shape index (κ3) is 11.4. The first-order valence-corrected chi connectivity index (χ1v) is 17.3. The molecular formula is C37H51N7O6. The van der Waals surface area contributed by atoms with Crippen LogP contribution in [0.1, 0.15) is 69.4 Å². The summed E-state index contributed by atoms with van der Waals surface area (Å²) in [7, 11) is 1.50. The third-order valence-corrected chi connectivity index (χ3v) is 8.38. The van der Waals surface area contributed by atoms with Crippen molar-refractivity contribution in [2.75, 3.05) is 20.3 Å². The van der Waals surface area contributed by atoms with Crippen LogP contribution in [0, 0.1) is 18.8 Å². The molecule has 3 heterocycles. The molecule has 4 atom stereocenters. The molecule has 50 heavy (non-hydrogen) atoms. The maximum absolute atomic E-state index is 14.2. The summed E-state index contributed by atoms with van der Waals surface area (Å²) in [5.74, 6) is 0.0994. The zero-order valence-electron chi connectivity index (χ0n) is 29.9. The van der Waals surface area contributed by atoms with E-state index in [0.29, 0.717) is 29.7 Å². The Bertz CT molecular complexity index is 1570. The van der Waals surface area contributed by atoms with Gasteiger partial charge in [-0.3, -0.25) is 19.2 Å². The Hall–Kier alpha value is -4.78. The Kier molecular flexibility index (Phi) is 13.9. The van der Waals surface area contributed by atoms with Gasteiger partial charge in [-0.05, 0) is 48.4 Å². The maximum Gasteiger partial charge on any atom is 0.243 e. The van der Waals surface area contributed by atoms with E-state index in [2.05, 4.69) is 45.2 Å². The highest BCUT2D eigenvalue weighted by atomic mass is 16.5. The molecule has 13 heteroatoms. The minimum Gasteiger partial charge on any atom is -0.491 e. The number of nitrogens with zero attached hydrogens (tertiary/aromatic N) is 3. The molecule has 0 radical (unpaired) electrons. The molecule has 0 saturated carbocycles. The summed E-state index contributed by atoms with van der Waals surface area (Å²) < 4.78 is 12.7. The van der Waals surface area contributed by atoms with Gasteiger partial charge in [-0.25, -0.2) is 9.67 Å². The molecule has 2 bridgehead atoms. The Balaban J connectivity index is 1.74. The number of hydrogen-bond donors (Lipinski definition) is 4. The Morgan fingerprint density at radius 3 is 2.38 bits per heavy atom. The third-order valence-electron chi connectivity index (χ3n) is 8.38. The molecule has 3 aromatic rings. The van der Waals surface area contributed by atoms with Crippen molar-refractivity contribution in [3.05, 3.63) is 77.4 Å². The molecule has 270 valence electrons. The van der Waals surface area contributed by atoms with Crippen LogP contribution in [0.5, 0.6) is 5.75 Å². The number of hydrogen-bond acceptors (Lipinski definition) is 8. The smallest absolute Gasteiger partial charge is 0.243 e. The molecule has 13 nitrogen and oxygen atoms in total. The molecular weight excluding hydrogens is 638 g/mol. The minimum atomic E-state index is -0.997. The molecule has 0 saturated heterocycles. The normalized spacial score (nSPS) is 20.8. The van der Waals surface area contributed by atoms with E-state index in [0.717, 1.165) is 11.1 Å². The number of nitrogens with one attached hydrogen (secondary N) is 4. The van der Waals surface area contributed by atoms with Crippen LogP contribution in [0.15, 0.2) is 54.6 Å². The Labute approximate surface area is 294 Å². The Morgan fingerprint density at radius 1 is 1.00 bits per heavy atom. The number of methoxy groups -OCH3 is 1. The zero-order chi connectivity index (χ0) is 36.2. The van der Waals surface area contributed by atoms with Crippen LogP contribution in [0.4, 0.5) is 0 Å². The molecule has 0 unspecified atom stereocenters. The molecule has 2 aromatic carbocycles. The first-order chi connectivity index (χ1) is 23.9. The highest BCUT2D eigenvalue weighted by Gasteiger charge is 2.32. The second-order valence-electron chi connectivity index (χ2n) is 13.6. The van der Waals surface area contributed by atoms with Gasteiger partial charge >= 0.3 is 0 Å². The fraction of sp³-hybridized carbons (Fsp3) is 0.514. The van der Waals surface area contributed by atoms with Crippen LogP contribution < -0.4 is 26.0 Å². The number of benzene rings is 2. The molecule has 4 N–H and O–H groups in total. The SMILES string of the molecule is COCCC(=O)N[C@H]1Cc2ccc(cc2)OC[C@H](CC(C)C)NC(=O)Cn2nc(C)nc2[C@H](C(C)C)NC(=O)[C@H](Cc2ccccc2)NC1=O. The lowest BCUT2D eigenvalue weighted by Gasteiger charge is -2.27. The maximum atomic E-state index is 14.2. The number of ether oxygens (including phenoxy) is 2. The summed E-state index contributed by atoms with van der Waals surface area (Å²) in [5, 5.41) is 16.5. The quantitative estimate of drug-likeness (QED) is 0.266. The van der Waals surface area contributed by atoms with Gasteiger partial charge in [-0.2, -0.15) is 5.10 Å². The second-order valence-corrected chi connectivity index (χ2v) is 13.6. The molecule has 0 spiro atoms. The van der Waals surface area contributed by atoms with Gasteiger partial charge in [0.2, 0.25) is 23.6 Å². The van der Waals surface area contributed by atoms with Crippen LogP contribution in [0.3, 0.4) is 0 Å². The van der Waals surface area contributed by atoms with Crippen LogP contribution >= 0.6 is 0 Å². The van der Waals surface area contributed by atoms with E-state index in [9.17, 15) is 19.2 Å². The van der Waals surface area contributed by atoms with Crippen molar-refractivity contribution in [1.82, 2.24) is 36.0 Å². The lowest BCUT2D eigenvalue weighted by molar-refractivity contribution is -0.132. The molecule has 2 aliphatic rings. The predicted molar refractivity (Wildman–Crippen MR) is 188 cm³/mol. The topological polar surface area (TPSA) is 166 Å². The predicted octanol–water partition coefficient (Wildman–Crippen LogP) is 2.81. The number of carbonyl (C=O) groups excluding carboxylic acids is 4. The van der Waals surface area contributed by atoms with Gasteiger partial charge in [0.1, 0.15) is 36.8 Å². The molecule has 5 rings (SSSR count). The molecule has 4 amide bonds. The van der Waals surface area contributed by atoms with Crippen LogP contribution in [0.2, 0.25) is 0 Å². The van der Waals surface area contributed by atoms with Gasteiger partial charge in [-0.15, -0.1) is 0 Å². The van der Waals surface area contributed by atoms with Gasteiger partial charge in [0.15, 0.2) is 5.82 Å². The van der Waals surface area contributed by atoms with Crippen LogP contribution in [-0.4, -0.2) is 76.8 Å². The lowest BCUT2D eigenvalue weighted by Crippen LogP contribution is -2.55. The van der Waals surface area contributed by atoms with Crippen molar-refractivity contribution in [2.24, 2.45) is 11.8 Å². The van der Waals surface area contributed by atoms with Crippen molar-refractivity contribution in [2.45, 2.75) is 91.0 Å². The van der Waals surface area contributed by atoms with E-state index in [-0.39, 0.29) is 62.8 Å². The minimum absolute atomic E-state index is 0.0746. The van der Waals surface area contributed by atoms with Crippen molar-refractivity contribution in [1.29, 1.82) is 0 Å². The van der Waals surface area contributed by atoms with E-state index in [4.69, 9.17) is 9.47 Å². The van der Waals surface area contributed by atoms with E-state index in [1.165, 1.54) is 11.8 Å². The van der Waals surface area contributed by atoms with Crippen molar-refractivity contribution in [3.63, 3.8) is 0 Å². The summed E-state index contributed by atoms with van der Waals surface area (Å²) in [6.07, 6.45) is 1.14. The molecule has 2 aliphatic heterocycles. The van der Waals surface area contributed by atoms with E-state index < -0.39 is 29.9 Å². The van der Waals surface area contributed by atoms with Gasteiger partial charge in [-0.1, -0.05) is 70.2 Å². The Morgan fingerprint density at radius 2 is 1.72 bits per heavy atom. The number of fused-ring (bicyclic) bond motifs is 14. The van der Waals surface area contributed by atoms with Crippen LogP contribution in [0.25, 0.3) is 0 Å². The van der Waals surface area contributed by atoms with E-state index in [1.807, 2.05) is 56.3 Å². The number of carbonyl (C=O) groups is 4. The monoisotopic (exact) mass is 689 g/mol. The van der Waals surface area contributed by atoms with Crippen molar-refractivity contribution < 1.29 is 28.7 Å². The summed E-state index contributed by atoms with van der Waals surface area (Å²) in [4.78, 5) is 59.1. The second kappa shape index (κ2) is 18.3. The number of aryl methyl sites for hydroxylation is 1. The average Bonchev–Trinajstić information content (AvgIpc) is 3.43. The number of rotatable bonds is 9. The lowest BCUT2D eigenvalue weighted by atomic mass is 10.00. The zero-order valence-corrected chi connectivity index (χ0v) is 29.9. The largest absolute Gasteiger partial charge is 0.491 e. The molecule has 1 aromatic heterocycles. The fourth-order valence-electron chi connectivity index (χ4n) is 5.90. The van der Waals surface area contributed by atoms with Gasteiger partial charge in [0.05, 0.1) is 18.7 Å². The first kappa shape index (κ1) is 38.0. The summed E-state index contributed by atoms with van der Waals surface area (Å²) >= 11 is 0. The summed E-state index contributed by atoms with van der Waals surface area (Å²) in [5.41, 5.74) is 1.62. The first-order valence-electron chi connectivity index (χ1n) is 17.3. The van der Waals surface area contributed by atoms with Gasteiger partial charge < -0.3 is 30.7 Å². The molecule has 0 fully saturated rings. The highest BCUT2D eigenvalue weighted by Crippen LogP contribution is 2.22. The highest BCUT2D eigenvalue weighted by molar-refractivity contribution is 5.92. The summed E-state index contributed by atoms with van der Waals surface area (Å²) in [6.45, 7) is 10.1. The van der Waals surface area contributed by atoms with Crippen molar-refractivity contribution in [3.8, 4) is 5.75 Å². The number of aromatic nitrogens is 3. The van der Waals surface area contributed by atoms with E-state index in [1.54, 1.807) is 19.1 Å². The summed E-state index contributed by atoms with van der Waals surface area (Å²) in [6, 6.07) is 13.8. The standard InChI is InChI=1S/C37H51N7O6/c1-23(2)18-28-22-50-29-14-12-27(13-15-29)20-30(40-32(45)16-17-49-6)36(47)41-31(19-26-10-8-7-9-11-26)37(48)42-34(24(3)4)35-38-25(5)43-44(35)21-33(46)39-28/h7-15,23-24,28,30-31,34H,16-22H2,1-6H3,(H,39,46)(H,40,45)(H,41,47)(H,42,48)/t28-,30-,31-,34-/m0/s1. The van der Waals surface area contributed by atoms with Gasteiger partial charge in [0.25, 0.3) is 0 Å². The number of amides is 4. The van der Waals surface area contributed by atoms with E-state index >= 15 is 0 Å². The van der Waals surface area contributed by atoms with Crippen molar-refractivity contribution >= 4 is 23.6 Å². The fourth-order valence-corrected chi connectivity index (χ4v) is 5.90. The van der Waals surface area contributed by atoms with Gasteiger partial charge in [0, 0.05) is 26.4 Å².